The summed E-state index contributed by atoms with van der Waals surface area (Å²) in [6.07, 6.45) is 4.90. The maximum atomic E-state index is 5.36. The standard InChI is InChI=1S/C17H27NOS/c1-4-10-18-17-15-8-7-14(19-3)12-13(15)6-9-16(17)20-11-5-2/h7-8,12,16-18H,4-6,9-11H2,1-3H3. The smallest absolute Gasteiger partial charge is 0.119 e. The van der Waals surface area contributed by atoms with Crippen molar-refractivity contribution < 1.29 is 4.74 Å². The predicted molar refractivity (Wildman–Crippen MR) is 88.9 cm³/mol. The summed E-state index contributed by atoms with van der Waals surface area (Å²) in [7, 11) is 1.75. The number of rotatable bonds is 7. The van der Waals surface area contributed by atoms with Gasteiger partial charge in [0.1, 0.15) is 5.75 Å². The van der Waals surface area contributed by atoms with Gasteiger partial charge < -0.3 is 10.1 Å². The van der Waals surface area contributed by atoms with Gasteiger partial charge in [0, 0.05) is 11.3 Å². The maximum absolute atomic E-state index is 5.36. The lowest BCUT2D eigenvalue weighted by Crippen LogP contribution is -2.35. The van der Waals surface area contributed by atoms with Crippen molar-refractivity contribution in [2.24, 2.45) is 0 Å². The second kappa shape index (κ2) is 7.94. The molecule has 2 rings (SSSR count). The van der Waals surface area contributed by atoms with Crippen LogP contribution in [0.5, 0.6) is 5.75 Å². The van der Waals surface area contributed by atoms with E-state index >= 15 is 0 Å². The van der Waals surface area contributed by atoms with E-state index in [9.17, 15) is 0 Å². The van der Waals surface area contributed by atoms with Crippen molar-refractivity contribution >= 4 is 11.8 Å². The van der Waals surface area contributed by atoms with Crippen LogP contribution in [0.4, 0.5) is 0 Å². The van der Waals surface area contributed by atoms with Gasteiger partial charge in [-0.15, -0.1) is 0 Å². The Balaban J connectivity index is 2.19. The van der Waals surface area contributed by atoms with Gasteiger partial charge in [0.15, 0.2) is 0 Å². The molecule has 0 saturated heterocycles. The first-order valence-electron chi connectivity index (χ1n) is 7.82. The molecule has 1 aromatic rings. The molecule has 1 aliphatic rings. The Bertz CT molecular complexity index is 421. The van der Waals surface area contributed by atoms with E-state index < -0.39 is 0 Å². The molecule has 2 nitrogen and oxygen atoms in total. The summed E-state index contributed by atoms with van der Waals surface area (Å²) in [5, 5.41) is 4.47. The van der Waals surface area contributed by atoms with Gasteiger partial charge in [-0.2, -0.15) is 11.8 Å². The highest BCUT2D eigenvalue weighted by Gasteiger charge is 2.29. The van der Waals surface area contributed by atoms with Gasteiger partial charge >= 0.3 is 0 Å². The van der Waals surface area contributed by atoms with Crippen LogP contribution in [0, 0.1) is 0 Å². The van der Waals surface area contributed by atoms with E-state index in [1.54, 1.807) is 7.11 Å². The molecule has 1 aliphatic carbocycles. The molecule has 0 heterocycles. The van der Waals surface area contributed by atoms with Gasteiger partial charge in [-0.25, -0.2) is 0 Å². The molecule has 1 N–H and O–H groups in total. The number of hydrogen-bond donors (Lipinski definition) is 1. The summed E-state index contributed by atoms with van der Waals surface area (Å²) in [5.74, 6) is 2.25. The zero-order chi connectivity index (χ0) is 14.4. The second-order valence-corrected chi connectivity index (χ2v) is 6.79. The summed E-state index contributed by atoms with van der Waals surface area (Å²) in [4.78, 5) is 0. The van der Waals surface area contributed by atoms with Crippen molar-refractivity contribution in [3.63, 3.8) is 0 Å². The monoisotopic (exact) mass is 293 g/mol. The van der Waals surface area contributed by atoms with Crippen molar-refractivity contribution in [2.45, 2.75) is 50.8 Å². The number of aryl methyl sites for hydroxylation is 1. The third-order valence-corrected chi connectivity index (χ3v) is 5.49. The molecule has 0 bridgehead atoms. The van der Waals surface area contributed by atoms with E-state index in [1.165, 1.54) is 42.6 Å². The average Bonchev–Trinajstić information content (AvgIpc) is 2.50. The molecule has 112 valence electrons. The van der Waals surface area contributed by atoms with Crippen molar-refractivity contribution in [3.8, 4) is 5.75 Å². The van der Waals surface area contributed by atoms with Gasteiger partial charge in [0.25, 0.3) is 0 Å². The molecule has 0 amide bonds. The van der Waals surface area contributed by atoms with Crippen molar-refractivity contribution in [1.82, 2.24) is 5.32 Å². The SMILES string of the molecule is CCCNC1c2ccc(OC)cc2CCC1SCCC. The van der Waals surface area contributed by atoms with Crippen LogP contribution < -0.4 is 10.1 Å². The Labute approximate surface area is 127 Å². The Morgan fingerprint density at radius 1 is 1.30 bits per heavy atom. The summed E-state index contributed by atoms with van der Waals surface area (Å²) in [6.45, 7) is 5.60. The van der Waals surface area contributed by atoms with E-state index in [4.69, 9.17) is 4.74 Å². The Hall–Kier alpha value is -0.670. The number of methoxy groups -OCH3 is 1. The zero-order valence-corrected chi connectivity index (χ0v) is 13.8. The fraction of sp³-hybridized carbons (Fsp3) is 0.647. The molecule has 0 fully saturated rings. The molecular formula is C17H27NOS. The fourth-order valence-corrected chi connectivity index (χ4v) is 4.14. The lowest BCUT2D eigenvalue weighted by atomic mass is 9.87. The first-order valence-corrected chi connectivity index (χ1v) is 8.86. The van der Waals surface area contributed by atoms with Gasteiger partial charge in [-0.3, -0.25) is 0 Å². The zero-order valence-electron chi connectivity index (χ0n) is 12.9. The first kappa shape index (κ1) is 15.7. The molecular weight excluding hydrogens is 266 g/mol. The number of fused-ring (bicyclic) bond motifs is 1. The highest BCUT2D eigenvalue weighted by Crippen LogP contribution is 2.38. The van der Waals surface area contributed by atoms with E-state index in [0.29, 0.717) is 11.3 Å². The largest absolute Gasteiger partial charge is 0.497 e. The van der Waals surface area contributed by atoms with Crippen LogP contribution in [0.2, 0.25) is 0 Å². The minimum absolute atomic E-state index is 0.501. The maximum Gasteiger partial charge on any atom is 0.119 e. The molecule has 0 saturated carbocycles. The number of benzene rings is 1. The third kappa shape index (κ3) is 3.70. The number of nitrogens with one attached hydrogen (secondary N) is 1. The predicted octanol–water partition coefficient (Wildman–Crippen LogP) is 4.19. The first-order chi connectivity index (χ1) is 9.80. The Morgan fingerprint density at radius 3 is 2.85 bits per heavy atom. The van der Waals surface area contributed by atoms with E-state index in [-0.39, 0.29) is 0 Å². The summed E-state index contributed by atoms with van der Waals surface area (Å²) in [6, 6.07) is 7.09. The number of ether oxygens (including phenoxy) is 1. The van der Waals surface area contributed by atoms with Crippen LogP contribution >= 0.6 is 11.8 Å². The van der Waals surface area contributed by atoms with Crippen molar-refractivity contribution in [3.05, 3.63) is 29.3 Å². The molecule has 0 aliphatic heterocycles. The second-order valence-electron chi connectivity index (χ2n) is 5.44. The molecule has 20 heavy (non-hydrogen) atoms. The van der Waals surface area contributed by atoms with Gasteiger partial charge in [-0.1, -0.05) is 19.9 Å². The van der Waals surface area contributed by atoms with Crippen molar-refractivity contribution in [1.29, 1.82) is 0 Å². The molecule has 3 heteroatoms. The summed E-state index contributed by atoms with van der Waals surface area (Å²) < 4.78 is 5.36. The van der Waals surface area contributed by atoms with Crippen LogP contribution in [0.3, 0.4) is 0 Å². The van der Waals surface area contributed by atoms with Crippen LogP contribution in [0.1, 0.15) is 50.3 Å². The Morgan fingerprint density at radius 2 is 2.15 bits per heavy atom. The van der Waals surface area contributed by atoms with E-state index in [2.05, 4.69) is 49.1 Å². The van der Waals surface area contributed by atoms with Gasteiger partial charge in [0.2, 0.25) is 0 Å². The van der Waals surface area contributed by atoms with Gasteiger partial charge in [-0.05, 0) is 61.2 Å². The van der Waals surface area contributed by atoms with E-state index in [1.807, 2.05) is 0 Å². The molecule has 2 unspecified atom stereocenters. The fourth-order valence-electron chi connectivity index (χ4n) is 2.88. The highest BCUT2D eigenvalue weighted by atomic mass is 32.2. The van der Waals surface area contributed by atoms with E-state index in [0.717, 1.165) is 12.3 Å². The quantitative estimate of drug-likeness (QED) is 0.814. The lowest BCUT2D eigenvalue weighted by molar-refractivity contribution is 0.411. The summed E-state index contributed by atoms with van der Waals surface area (Å²) in [5.41, 5.74) is 2.95. The lowest BCUT2D eigenvalue weighted by Gasteiger charge is -2.34. The van der Waals surface area contributed by atoms with Crippen LogP contribution in [0.15, 0.2) is 18.2 Å². The van der Waals surface area contributed by atoms with Crippen LogP contribution in [0.25, 0.3) is 0 Å². The summed E-state index contributed by atoms with van der Waals surface area (Å²) >= 11 is 2.14. The third-order valence-electron chi connectivity index (χ3n) is 3.91. The van der Waals surface area contributed by atoms with Crippen LogP contribution in [-0.4, -0.2) is 24.7 Å². The average molecular weight is 293 g/mol. The minimum Gasteiger partial charge on any atom is -0.497 e. The van der Waals surface area contributed by atoms with Gasteiger partial charge in [0.05, 0.1) is 7.11 Å². The van der Waals surface area contributed by atoms with Crippen LogP contribution in [-0.2, 0) is 6.42 Å². The molecule has 0 spiro atoms. The molecule has 2 atom stereocenters. The molecule has 1 aromatic carbocycles. The molecule has 0 aromatic heterocycles. The molecule has 0 radical (unpaired) electrons. The topological polar surface area (TPSA) is 21.3 Å². The van der Waals surface area contributed by atoms with Crippen molar-refractivity contribution in [2.75, 3.05) is 19.4 Å². The normalized spacial score (nSPS) is 21.6. The number of thioether (sulfide) groups is 1. The minimum atomic E-state index is 0.501. The highest BCUT2D eigenvalue weighted by molar-refractivity contribution is 7.99. The number of hydrogen-bond acceptors (Lipinski definition) is 3. The Kier molecular flexibility index (Phi) is 6.24.